The van der Waals surface area contributed by atoms with Gasteiger partial charge in [0.05, 0.1) is 0 Å². The third-order valence-electron chi connectivity index (χ3n) is 3.00. The highest BCUT2D eigenvalue weighted by molar-refractivity contribution is 8.00. The second-order valence-corrected chi connectivity index (χ2v) is 5.92. The summed E-state index contributed by atoms with van der Waals surface area (Å²) in [5.41, 5.74) is 0.155. The van der Waals surface area contributed by atoms with Crippen LogP contribution in [-0.4, -0.2) is 39.8 Å². The molecule has 4 N–H and O–H groups in total. The molecule has 1 aliphatic rings. The quantitative estimate of drug-likeness (QED) is 0.682. The summed E-state index contributed by atoms with van der Waals surface area (Å²) in [6, 6.07) is 3.54. The molecule has 20 heavy (non-hydrogen) atoms. The minimum atomic E-state index is -1.21. The van der Waals surface area contributed by atoms with E-state index in [1.54, 1.807) is 0 Å². The number of anilines is 1. The number of aromatic hydroxyl groups is 1. The van der Waals surface area contributed by atoms with Gasteiger partial charge in [-0.15, -0.1) is 0 Å². The average molecular weight is 296 g/mol. The monoisotopic (exact) mass is 296 g/mol. The first-order chi connectivity index (χ1) is 9.56. The standard InChI is InChI=1S/C13H16N2O4S/c16-11-6-8(3-4-10(11)12(17)18)15-13(19)14-7-9-2-1-5-20-9/h3-4,6,9,16H,1-2,5,7H2,(H,17,18)(H2,14,15,19). The lowest BCUT2D eigenvalue weighted by Crippen LogP contribution is -2.33. The molecule has 0 aliphatic carbocycles. The molecule has 0 radical (unpaired) electrons. The molecule has 0 spiro atoms. The molecule has 1 unspecified atom stereocenters. The van der Waals surface area contributed by atoms with Crippen molar-refractivity contribution in [2.24, 2.45) is 0 Å². The largest absolute Gasteiger partial charge is 0.507 e. The van der Waals surface area contributed by atoms with Gasteiger partial charge in [0.15, 0.2) is 0 Å². The molecule has 7 heteroatoms. The van der Waals surface area contributed by atoms with Gasteiger partial charge in [0.2, 0.25) is 0 Å². The van der Waals surface area contributed by atoms with Crippen LogP contribution >= 0.6 is 11.8 Å². The summed E-state index contributed by atoms with van der Waals surface area (Å²) in [4.78, 5) is 22.4. The van der Waals surface area contributed by atoms with Gasteiger partial charge in [-0.2, -0.15) is 11.8 Å². The molecule has 0 aromatic heterocycles. The van der Waals surface area contributed by atoms with E-state index in [1.807, 2.05) is 11.8 Å². The van der Waals surface area contributed by atoms with Crippen molar-refractivity contribution >= 4 is 29.4 Å². The number of aromatic carboxylic acids is 1. The molecule has 1 heterocycles. The number of carboxylic acids is 1. The topological polar surface area (TPSA) is 98.7 Å². The molecule has 1 atom stereocenters. The first-order valence-corrected chi connectivity index (χ1v) is 7.34. The minimum absolute atomic E-state index is 0.196. The zero-order chi connectivity index (χ0) is 14.5. The van der Waals surface area contributed by atoms with Gasteiger partial charge < -0.3 is 20.8 Å². The van der Waals surface area contributed by atoms with E-state index in [2.05, 4.69) is 10.6 Å². The number of urea groups is 1. The van der Waals surface area contributed by atoms with Crippen molar-refractivity contribution in [1.82, 2.24) is 5.32 Å². The predicted octanol–water partition coefficient (Wildman–Crippen LogP) is 2.11. The number of amides is 2. The van der Waals surface area contributed by atoms with Gasteiger partial charge in [-0.3, -0.25) is 0 Å². The Kier molecular flexibility index (Phi) is 4.73. The third-order valence-corrected chi connectivity index (χ3v) is 4.40. The van der Waals surface area contributed by atoms with Crippen LogP contribution in [0, 0.1) is 0 Å². The molecule has 1 fully saturated rings. The Morgan fingerprint density at radius 3 is 2.80 bits per heavy atom. The highest BCUT2D eigenvalue weighted by Gasteiger charge is 2.16. The van der Waals surface area contributed by atoms with E-state index in [9.17, 15) is 14.7 Å². The maximum Gasteiger partial charge on any atom is 0.339 e. The Bertz CT molecular complexity index is 515. The van der Waals surface area contributed by atoms with Gasteiger partial charge in [-0.1, -0.05) is 0 Å². The van der Waals surface area contributed by atoms with Crippen molar-refractivity contribution in [2.45, 2.75) is 18.1 Å². The molecule has 1 aliphatic heterocycles. The maximum atomic E-state index is 11.7. The highest BCUT2D eigenvalue weighted by Crippen LogP contribution is 2.25. The maximum absolute atomic E-state index is 11.7. The van der Waals surface area contributed by atoms with Crippen LogP contribution in [-0.2, 0) is 0 Å². The second-order valence-electron chi connectivity index (χ2n) is 4.51. The van der Waals surface area contributed by atoms with Crippen LogP contribution in [0.25, 0.3) is 0 Å². The Hall–Kier alpha value is -1.89. The van der Waals surface area contributed by atoms with Crippen LogP contribution < -0.4 is 10.6 Å². The van der Waals surface area contributed by atoms with Crippen LogP contribution in [0.5, 0.6) is 5.75 Å². The lowest BCUT2D eigenvalue weighted by atomic mass is 10.2. The molecular weight excluding hydrogens is 280 g/mol. The number of carboxylic acid groups (broad SMARTS) is 1. The lowest BCUT2D eigenvalue weighted by molar-refractivity contribution is 0.0694. The number of hydrogen-bond donors (Lipinski definition) is 4. The van der Waals surface area contributed by atoms with Crippen molar-refractivity contribution in [3.63, 3.8) is 0 Å². The van der Waals surface area contributed by atoms with Crippen molar-refractivity contribution in [1.29, 1.82) is 0 Å². The first-order valence-electron chi connectivity index (χ1n) is 6.29. The second kappa shape index (κ2) is 6.51. The van der Waals surface area contributed by atoms with E-state index < -0.39 is 5.97 Å². The summed E-state index contributed by atoms with van der Waals surface area (Å²) in [5.74, 6) is -0.447. The van der Waals surface area contributed by atoms with E-state index in [-0.39, 0.29) is 17.3 Å². The summed E-state index contributed by atoms with van der Waals surface area (Å²) in [7, 11) is 0. The summed E-state index contributed by atoms with van der Waals surface area (Å²) in [6.07, 6.45) is 2.29. The van der Waals surface area contributed by atoms with Gasteiger partial charge in [-0.05, 0) is 30.7 Å². The Labute approximate surface area is 120 Å². The van der Waals surface area contributed by atoms with Crippen LogP contribution in [0.15, 0.2) is 18.2 Å². The number of carbonyl (C=O) groups excluding carboxylic acids is 1. The van der Waals surface area contributed by atoms with E-state index in [1.165, 1.54) is 24.6 Å². The molecule has 0 saturated carbocycles. The normalized spacial score (nSPS) is 17.7. The minimum Gasteiger partial charge on any atom is -0.507 e. The summed E-state index contributed by atoms with van der Waals surface area (Å²) >= 11 is 1.85. The van der Waals surface area contributed by atoms with Crippen molar-refractivity contribution in [2.75, 3.05) is 17.6 Å². The molecule has 0 bridgehead atoms. The predicted molar refractivity (Wildman–Crippen MR) is 77.6 cm³/mol. The Balaban J connectivity index is 1.87. The first kappa shape index (κ1) is 14.5. The third kappa shape index (κ3) is 3.80. The molecule has 1 aromatic carbocycles. The molecule has 6 nitrogen and oxygen atoms in total. The molecule has 108 valence electrons. The van der Waals surface area contributed by atoms with Gasteiger partial charge >= 0.3 is 12.0 Å². The highest BCUT2D eigenvalue weighted by atomic mass is 32.2. The van der Waals surface area contributed by atoms with Crippen molar-refractivity contribution < 1.29 is 19.8 Å². The fourth-order valence-electron chi connectivity index (χ4n) is 1.98. The van der Waals surface area contributed by atoms with Gasteiger partial charge in [-0.25, -0.2) is 9.59 Å². The Morgan fingerprint density at radius 2 is 2.20 bits per heavy atom. The number of carbonyl (C=O) groups is 2. The van der Waals surface area contributed by atoms with Crippen molar-refractivity contribution in [3.05, 3.63) is 23.8 Å². The van der Waals surface area contributed by atoms with Crippen LogP contribution in [0.4, 0.5) is 10.5 Å². The molecular formula is C13H16N2O4S. The average Bonchev–Trinajstić information content (AvgIpc) is 2.89. The van der Waals surface area contributed by atoms with E-state index in [0.717, 1.165) is 12.2 Å². The van der Waals surface area contributed by atoms with E-state index >= 15 is 0 Å². The van der Waals surface area contributed by atoms with Crippen LogP contribution in [0.2, 0.25) is 0 Å². The summed E-state index contributed by atoms with van der Waals surface area (Å²) in [5, 5.41) is 24.1. The molecule has 2 rings (SSSR count). The van der Waals surface area contributed by atoms with E-state index in [0.29, 0.717) is 17.5 Å². The zero-order valence-electron chi connectivity index (χ0n) is 10.8. The number of thioether (sulfide) groups is 1. The molecule has 1 saturated heterocycles. The van der Waals surface area contributed by atoms with Crippen LogP contribution in [0.1, 0.15) is 23.2 Å². The number of nitrogens with one attached hydrogen (secondary N) is 2. The zero-order valence-corrected chi connectivity index (χ0v) is 11.6. The van der Waals surface area contributed by atoms with Gasteiger partial charge in [0, 0.05) is 23.5 Å². The molecule has 1 aromatic rings. The van der Waals surface area contributed by atoms with Gasteiger partial charge in [0.1, 0.15) is 11.3 Å². The Morgan fingerprint density at radius 1 is 1.40 bits per heavy atom. The fraction of sp³-hybridized carbons (Fsp3) is 0.385. The van der Waals surface area contributed by atoms with Gasteiger partial charge in [0.25, 0.3) is 0 Å². The number of hydrogen-bond acceptors (Lipinski definition) is 4. The lowest BCUT2D eigenvalue weighted by Gasteiger charge is -2.11. The van der Waals surface area contributed by atoms with Crippen molar-refractivity contribution in [3.8, 4) is 5.75 Å². The number of rotatable bonds is 4. The summed E-state index contributed by atoms with van der Waals surface area (Å²) in [6.45, 7) is 0.607. The van der Waals surface area contributed by atoms with Crippen LogP contribution in [0.3, 0.4) is 0 Å². The SMILES string of the molecule is O=C(NCC1CCCS1)Nc1ccc(C(=O)O)c(O)c1. The summed E-state index contributed by atoms with van der Waals surface area (Å²) < 4.78 is 0. The van der Waals surface area contributed by atoms with E-state index in [4.69, 9.17) is 5.11 Å². The smallest absolute Gasteiger partial charge is 0.339 e. The molecule has 2 amide bonds. The number of phenols is 1. The fourth-order valence-corrected chi connectivity index (χ4v) is 3.18. The number of benzene rings is 1.